The maximum absolute atomic E-state index is 13.5. The number of carbonyl (C=O) groups excluding carboxylic acids is 1. The van der Waals surface area contributed by atoms with Gasteiger partial charge in [-0.05, 0) is 65.8 Å². The zero-order chi connectivity index (χ0) is 23.7. The van der Waals surface area contributed by atoms with Gasteiger partial charge in [0.25, 0.3) is 0 Å². The van der Waals surface area contributed by atoms with Crippen LogP contribution in [-0.2, 0) is 21.2 Å². The number of aromatic amines is 1. The molecule has 0 radical (unpaired) electrons. The van der Waals surface area contributed by atoms with Gasteiger partial charge in [0, 0.05) is 13.1 Å². The van der Waals surface area contributed by atoms with Gasteiger partial charge in [-0.1, -0.05) is 43.3 Å². The molecule has 3 aromatic carbocycles. The number of hydrogen-bond acceptors (Lipinski definition) is 4. The third-order valence-corrected chi connectivity index (χ3v) is 8.12. The summed E-state index contributed by atoms with van der Waals surface area (Å²) in [7, 11) is -3.92. The summed E-state index contributed by atoms with van der Waals surface area (Å²) >= 11 is 0. The molecule has 0 saturated carbocycles. The Bertz CT molecular complexity index is 1440. The van der Waals surface area contributed by atoms with Crippen LogP contribution in [0.15, 0.2) is 71.9 Å². The molecule has 1 aliphatic rings. The lowest BCUT2D eigenvalue weighted by atomic mass is 9.98. The van der Waals surface area contributed by atoms with Crippen molar-refractivity contribution >= 4 is 37.7 Å². The first-order valence-corrected chi connectivity index (χ1v) is 13.1. The van der Waals surface area contributed by atoms with E-state index in [2.05, 4.69) is 21.6 Å². The van der Waals surface area contributed by atoms with Crippen LogP contribution in [0.1, 0.15) is 25.3 Å². The van der Waals surface area contributed by atoms with Crippen molar-refractivity contribution < 1.29 is 13.2 Å². The molecule has 1 unspecified atom stereocenters. The van der Waals surface area contributed by atoms with E-state index in [1.54, 1.807) is 29.4 Å². The van der Waals surface area contributed by atoms with E-state index >= 15 is 0 Å². The molecule has 0 aliphatic carbocycles. The SMILES string of the molecule is CC1CCN(C(=O)C(Cc2ccc3[nH]cnc3c2)NS(=O)(=O)c2ccc3ccccc3c2)CC1. The molecule has 1 atom stereocenters. The standard InChI is InChI=1S/C26H28N4O3S/c1-18-10-12-30(13-11-18)26(31)25(15-19-6-9-23-24(14-19)28-17-27-23)29-34(32,33)22-8-7-20-4-2-3-5-21(20)16-22/h2-9,14,16-18,25,29H,10-13,15H2,1H3,(H,27,28). The minimum atomic E-state index is -3.92. The van der Waals surface area contributed by atoms with Crippen molar-refractivity contribution in [2.75, 3.05) is 13.1 Å². The van der Waals surface area contributed by atoms with Crippen molar-refractivity contribution in [1.82, 2.24) is 19.6 Å². The lowest BCUT2D eigenvalue weighted by Crippen LogP contribution is -2.51. The number of H-pyrrole nitrogens is 1. The maximum atomic E-state index is 13.5. The molecule has 8 heteroatoms. The monoisotopic (exact) mass is 476 g/mol. The van der Waals surface area contributed by atoms with E-state index in [0.717, 1.165) is 40.2 Å². The predicted octanol–water partition coefficient (Wildman–Crippen LogP) is 3.86. The van der Waals surface area contributed by atoms with E-state index in [-0.39, 0.29) is 17.2 Å². The van der Waals surface area contributed by atoms with Gasteiger partial charge in [-0.15, -0.1) is 0 Å². The number of piperidine rings is 1. The van der Waals surface area contributed by atoms with Gasteiger partial charge in [0.15, 0.2) is 0 Å². The number of hydrogen-bond donors (Lipinski definition) is 2. The molecule has 1 aliphatic heterocycles. The largest absolute Gasteiger partial charge is 0.345 e. The topological polar surface area (TPSA) is 95.2 Å². The highest BCUT2D eigenvalue weighted by Gasteiger charge is 2.31. The number of sulfonamides is 1. The Morgan fingerprint density at radius 3 is 2.65 bits per heavy atom. The molecule has 1 fully saturated rings. The van der Waals surface area contributed by atoms with Crippen molar-refractivity contribution in [3.05, 3.63) is 72.6 Å². The molecule has 1 aromatic heterocycles. The Balaban J connectivity index is 1.45. The number of nitrogens with zero attached hydrogens (tertiary/aromatic N) is 2. The number of likely N-dealkylation sites (tertiary alicyclic amines) is 1. The van der Waals surface area contributed by atoms with E-state index in [1.165, 1.54) is 0 Å². The lowest BCUT2D eigenvalue weighted by molar-refractivity contribution is -0.134. The smallest absolute Gasteiger partial charge is 0.241 e. The summed E-state index contributed by atoms with van der Waals surface area (Å²) in [5, 5.41) is 1.80. The number of carbonyl (C=O) groups is 1. The van der Waals surface area contributed by atoms with Crippen LogP contribution < -0.4 is 4.72 Å². The molecule has 5 rings (SSSR count). The fourth-order valence-electron chi connectivity index (χ4n) is 4.56. The summed E-state index contributed by atoms with van der Waals surface area (Å²) in [5.41, 5.74) is 2.53. The number of aromatic nitrogens is 2. The summed E-state index contributed by atoms with van der Waals surface area (Å²) in [6.45, 7) is 3.47. The first-order valence-electron chi connectivity index (χ1n) is 11.6. The van der Waals surface area contributed by atoms with Crippen molar-refractivity contribution in [3.8, 4) is 0 Å². The summed E-state index contributed by atoms with van der Waals surface area (Å²) < 4.78 is 29.5. The van der Waals surface area contributed by atoms with Crippen molar-refractivity contribution in [2.24, 2.45) is 5.92 Å². The number of imidazole rings is 1. The van der Waals surface area contributed by atoms with E-state index in [1.807, 2.05) is 42.5 Å². The molecule has 1 saturated heterocycles. The van der Waals surface area contributed by atoms with E-state index in [9.17, 15) is 13.2 Å². The number of amides is 1. The van der Waals surface area contributed by atoms with Gasteiger partial charge in [-0.2, -0.15) is 4.72 Å². The van der Waals surface area contributed by atoms with Crippen molar-refractivity contribution in [1.29, 1.82) is 0 Å². The third-order valence-electron chi connectivity index (χ3n) is 6.65. The average Bonchev–Trinajstić information content (AvgIpc) is 3.31. The molecule has 2 heterocycles. The molecule has 34 heavy (non-hydrogen) atoms. The van der Waals surface area contributed by atoms with Gasteiger partial charge in [-0.3, -0.25) is 4.79 Å². The normalized spacial score (nSPS) is 16.2. The van der Waals surface area contributed by atoms with Gasteiger partial charge >= 0.3 is 0 Å². The molecular formula is C26H28N4O3S. The Labute approximate surface area is 199 Å². The molecular weight excluding hydrogens is 448 g/mol. The van der Waals surface area contributed by atoms with Crippen LogP contribution in [0, 0.1) is 5.92 Å². The zero-order valence-electron chi connectivity index (χ0n) is 19.1. The molecule has 176 valence electrons. The number of nitrogens with one attached hydrogen (secondary N) is 2. The first-order chi connectivity index (χ1) is 16.4. The highest BCUT2D eigenvalue weighted by atomic mass is 32.2. The molecule has 1 amide bonds. The first kappa shape index (κ1) is 22.6. The van der Waals surface area contributed by atoms with Crippen LogP contribution in [0.3, 0.4) is 0 Å². The summed E-state index contributed by atoms with van der Waals surface area (Å²) in [4.78, 5) is 22.8. The second kappa shape index (κ2) is 9.19. The Hall–Kier alpha value is -3.23. The van der Waals surface area contributed by atoms with Crippen LogP contribution in [-0.4, -0.2) is 48.3 Å². The highest BCUT2D eigenvalue weighted by Crippen LogP contribution is 2.22. The van der Waals surface area contributed by atoms with Crippen LogP contribution >= 0.6 is 0 Å². The predicted molar refractivity (Wildman–Crippen MR) is 133 cm³/mol. The lowest BCUT2D eigenvalue weighted by Gasteiger charge is -2.33. The zero-order valence-corrected chi connectivity index (χ0v) is 19.9. The second-order valence-electron chi connectivity index (χ2n) is 9.15. The summed E-state index contributed by atoms with van der Waals surface area (Å²) in [6.07, 6.45) is 3.72. The van der Waals surface area contributed by atoms with Crippen LogP contribution in [0.5, 0.6) is 0 Å². The van der Waals surface area contributed by atoms with E-state index in [4.69, 9.17) is 0 Å². The third kappa shape index (κ3) is 4.69. The van der Waals surface area contributed by atoms with Crippen LogP contribution in [0.25, 0.3) is 21.8 Å². The second-order valence-corrected chi connectivity index (χ2v) is 10.9. The van der Waals surface area contributed by atoms with E-state index in [0.29, 0.717) is 19.0 Å². The number of fused-ring (bicyclic) bond motifs is 2. The molecule has 4 aromatic rings. The minimum Gasteiger partial charge on any atom is -0.345 e. The average molecular weight is 477 g/mol. The number of benzene rings is 3. The fourth-order valence-corrected chi connectivity index (χ4v) is 5.78. The Kier molecular flexibility index (Phi) is 6.10. The van der Waals surface area contributed by atoms with Crippen molar-refractivity contribution in [3.63, 3.8) is 0 Å². The fraction of sp³-hybridized carbons (Fsp3) is 0.308. The van der Waals surface area contributed by atoms with Gasteiger partial charge in [-0.25, -0.2) is 13.4 Å². The Morgan fingerprint density at radius 2 is 1.85 bits per heavy atom. The van der Waals surface area contributed by atoms with Gasteiger partial charge in [0.05, 0.1) is 22.3 Å². The molecule has 7 nitrogen and oxygen atoms in total. The highest BCUT2D eigenvalue weighted by molar-refractivity contribution is 7.89. The van der Waals surface area contributed by atoms with Crippen LogP contribution in [0.4, 0.5) is 0 Å². The molecule has 0 spiro atoms. The molecule has 0 bridgehead atoms. The van der Waals surface area contributed by atoms with E-state index < -0.39 is 16.1 Å². The number of rotatable bonds is 6. The van der Waals surface area contributed by atoms with Crippen LogP contribution in [0.2, 0.25) is 0 Å². The van der Waals surface area contributed by atoms with Gasteiger partial charge in [0.2, 0.25) is 15.9 Å². The Morgan fingerprint density at radius 1 is 1.09 bits per heavy atom. The summed E-state index contributed by atoms with van der Waals surface area (Å²) in [5.74, 6) is 0.386. The minimum absolute atomic E-state index is 0.152. The quantitative estimate of drug-likeness (QED) is 0.442. The molecule has 2 N–H and O–H groups in total. The summed E-state index contributed by atoms with van der Waals surface area (Å²) in [6, 6.07) is 17.4. The van der Waals surface area contributed by atoms with Gasteiger partial charge in [0.1, 0.15) is 6.04 Å². The van der Waals surface area contributed by atoms with Gasteiger partial charge < -0.3 is 9.88 Å². The maximum Gasteiger partial charge on any atom is 0.241 e. The van der Waals surface area contributed by atoms with Crippen molar-refractivity contribution in [2.45, 2.75) is 37.1 Å².